The van der Waals surface area contributed by atoms with Gasteiger partial charge in [0.15, 0.2) is 5.65 Å². The number of hydrogen-bond acceptors (Lipinski definition) is 6. The number of imidazole rings is 1. The predicted octanol–water partition coefficient (Wildman–Crippen LogP) is 0.815. The summed E-state index contributed by atoms with van der Waals surface area (Å²) in [4.78, 5) is 37.1. The molecule has 2 heterocycles. The van der Waals surface area contributed by atoms with E-state index < -0.39 is 12.0 Å². The number of nitrogens with one attached hydrogen (secondary N) is 2. The first-order valence-electron chi connectivity index (χ1n) is 6.34. The summed E-state index contributed by atoms with van der Waals surface area (Å²) in [6.45, 7) is 1.31. The lowest BCUT2D eigenvalue weighted by atomic mass is 10.2. The standard InChI is InChI=1S/C12H15N5O3S/c1-7(18)17-8(12(19)20)3-2-4-21-11-9-10(14-5-13-9)15-6-16-11/h5-6,8H,2-4H2,1H3,(H,17,18)(H,19,20)(H,13,14,15,16). The van der Waals surface area contributed by atoms with Crippen LogP contribution in [0.1, 0.15) is 19.8 Å². The van der Waals surface area contributed by atoms with Crippen molar-refractivity contribution in [3.8, 4) is 0 Å². The van der Waals surface area contributed by atoms with Gasteiger partial charge in [-0.2, -0.15) is 0 Å². The van der Waals surface area contributed by atoms with Crippen LogP contribution in [-0.2, 0) is 9.59 Å². The van der Waals surface area contributed by atoms with Crippen LogP contribution in [0.3, 0.4) is 0 Å². The maximum atomic E-state index is 11.0. The van der Waals surface area contributed by atoms with Crippen molar-refractivity contribution in [1.29, 1.82) is 0 Å². The third-order valence-electron chi connectivity index (χ3n) is 2.74. The van der Waals surface area contributed by atoms with Crippen LogP contribution < -0.4 is 5.32 Å². The van der Waals surface area contributed by atoms with Gasteiger partial charge in [-0.15, -0.1) is 11.8 Å². The van der Waals surface area contributed by atoms with E-state index in [1.54, 1.807) is 6.33 Å². The van der Waals surface area contributed by atoms with Crippen LogP contribution in [0, 0.1) is 0 Å². The minimum Gasteiger partial charge on any atom is -0.480 e. The number of nitrogens with zero attached hydrogens (tertiary/aromatic N) is 3. The molecule has 1 amide bonds. The Morgan fingerprint density at radius 3 is 2.95 bits per heavy atom. The quantitative estimate of drug-likeness (QED) is 0.393. The summed E-state index contributed by atoms with van der Waals surface area (Å²) in [6.07, 6.45) is 4.02. The number of carboxylic acids is 1. The Morgan fingerprint density at radius 2 is 2.24 bits per heavy atom. The van der Waals surface area contributed by atoms with Gasteiger partial charge in [-0.1, -0.05) is 0 Å². The number of hydrogen-bond donors (Lipinski definition) is 3. The van der Waals surface area contributed by atoms with Crippen LogP contribution in [-0.4, -0.2) is 48.7 Å². The lowest BCUT2D eigenvalue weighted by Crippen LogP contribution is -2.39. The molecule has 112 valence electrons. The Morgan fingerprint density at radius 1 is 1.43 bits per heavy atom. The summed E-state index contributed by atoms with van der Waals surface area (Å²) in [6, 6.07) is -0.847. The highest BCUT2D eigenvalue weighted by Crippen LogP contribution is 2.22. The lowest BCUT2D eigenvalue weighted by molar-refractivity contribution is -0.141. The summed E-state index contributed by atoms with van der Waals surface area (Å²) in [5.41, 5.74) is 1.38. The molecule has 2 rings (SSSR count). The molecule has 0 saturated carbocycles. The molecule has 0 aliphatic carbocycles. The third-order valence-corrected chi connectivity index (χ3v) is 3.82. The number of rotatable bonds is 7. The zero-order valence-corrected chi connectivity index (χ0v) is 12.2. The zero-order valence-electron chi connectivity index (χ0n) is 11.4. The molecule has 0 bridgehead atoms. The van der Waals surface area contributed by atoms with Crippen molar-refractivity contribution in [1.82, 2.24) is 25.3 Å². The number of aromatic amines is 1. The number of aliphatic carboxylic acids is 1. The molecular weight excluding hydrogens is 294 g/mol. The molecule has 0 aromatic carbocycles. The zero-order chi connectivity index (χ0) is 15.2. The van der Waals surface area contributed by atoms with Crippen LogP contribution in [0.2, 0.25) is 0 Å². The smallest absolute Gasteiger partial charge is 0.326 e. The van der Waals surface area contributed by atoms with E-state index in [0.717, 1.165) is 10.5 Å². The van der Waals surface area contributed by atoms with E-state index in [4.69, 9.17) is 5.11 Å². The van der Waals surface area contributed by atoms with E-state index in [9.17, 15) is 9.59 Å². The fourth-order valence-electron chi connectivity index (χ4n) is 1.81. The second-order valence-electron chi connectivity index (χ2n) is 4.36. The molecule has 0 fully saturated rings. The molecular formula is C12H15N5O3S. The van der Waals surface area contributed by atoms with E-state index >= 15 is 0 Å². The largest absolute Gasteiger partial charge is 0.480 e. The van der Waals surface area contributed by atoms with E-state index in [1.807, 2.05) is 0 Å². The van der Waals surface area contributed by atoms with Crippen LogP contribution >= 0.6 is 11.8 Å². The predicted molar refractivity (Wildman–Crippen MR) is 76.9 cm³/mol. The number of carbonyl (C=O) groups excluding carboxylic acids is 1. The van der Waals surface area contributed by atoms with Crippen LogP contribution in [0.4, 0.5) is 0 Å². The van der Waals surface area contributed by atoms with Gasteiger partial charge in [-0.25, -0.2) is 19.7 Å². The van der Waals surface area contributed by atoms with Crippen LogP contribution in [0.5, 0.6) is 0 Å². The molecule has 2 aromatic heterocycles. The van der Waals surface area contributed by atoms with Gasteiger partial charge in [-0.3, -0.25) is 4.79 Å². The summed E-state index contributed by atoms with van der Waals surface area (Å²) >= 11 is 1.50. The average Bonchev–Trinajstić information content (AvgIpc) is 2.90. The number of thioether (sulfide) groups is 1. The average molecular weight is 309 g/mol. The molecule has 21 heavy (non-hydrogen) atoms. The van der Waals surface area contributed by atoms with Crippen molar-refractivity contribution in [2.45, 2.75) is 30.8 Å². The van der Waals surface area contributed by atoms with E-state index in [1.165, 1.54) is 25.0 Å². The molecule has 0 spiro atoms. The second-order valence-corrected chi connectivity index (χ2v) is 5.45. The molecule has 1 unspecified atom stereocenters. The maximum absolute atomic E-state index is 11.0. The minimum atomic E-state index is -1.02. The SMILES string of the molecule is CC(=O)NC(CCCSc1ncnc2nc[nH]c12)C(=O)O. The van der Waals surface area contributed by atoms with Crippen molar-refractivity contribution >= 4 is 34.8 Å². The Bertz CT molecular complexity index is 645. The molecule has 0 aliphatic heterocycles. The normalized spacial score (nSPS) is 12.2. The Balaban J connectivity index is 1.85. The highest BCUT2D eigenvalue weighted by atomic mass is 32.2. The maximum Gasteiger partial charge on any atom is 0.326 e. The Labute approximate surface area is 124 Å². The van der Waals surface area contributed by atoms with Gasteiger partial charge in [0.05, 0.1) is 6.33 Å². The number of aromatic nitrogens is 4. The van der Waals surface area contributed by atoms with Crippen molar-refractivity contribution in [2.75, 3.05) is 5.75 Å². The van der Waals surface area contributed by atoms with Gasteiger partial charge in [0, 0.05) is 6.92 Å². The molecule has 0 radical (unpaired) electrons. The summed E-state index contributed by atoms with van der Waals surface area (Å²) in [7, 11) is 0. The summed E-state index contributed by atoms with van der Waals surface area (Å²) in [5, 5.41) is 12.2. The molecule has 1 atom stereocenters. The van der Waals surface area contributed by atoms with E-state index in [0.29, 0.717) is 24.2 Å². The molecule has 2 aromatic rings. The number of H-pyrrole nitrogens is 1. The third kappa shape index (κ3) is 4.15. The first-order valence-corrected chi connectivity index (χ1v) is 7.33. The van der Waals surface area contributed by atoms with Gasteiger partial charge < -0.3 is 15.4 Å². The fourth-order valence-corrected chi connectivity index (χ4v) is 2.73. The van der Waals surface area contributed by atoms with Gasteiger partial charge in [0.1, 0.15) is 22.9 Å². The highest BCUT2D eigenvalue weighted by molar-refractivity contribution is 7.99. The van der Waals surface area contributed by atoms with Gasteiger partial charge in [0.2, 0.25) is 5.91 Å². The Kier molecular flexibility index (Phi) is 5.09. The van der Waals surface area contributed by atoms with Gasteiger partial charge >= 0.3 is 5.97 Å². The minimum absolute atomic E-state index is 0.343. The molecule has 0 saturated heterocycles. The topological polar surface area (TPSA) is 121 Å². The second kappa shape index (κ2) is 7.02. The molecule has 0 aliphatic rings. The number of amides is 1. The summed E-state index contributed by atoms with van der Waals surface area (Å²) in [5.74, 6) is -0.674. The Hall–Kier alpha value is -2.16. The van der Waals surface area contributed by atoms with Crippen LogP contribution in [0.15, 0.2) is 17.7 Å². The van der Waals surface area contributed by atoms with E-state index in [-0.39, 0.29) is 5.91 Å². The van der Waals surface area contributed by atoms with Crippen molar-refractivity contribution in [3.63, 3.8) is 0 Å². The van der Waals surface area contributed by atoms with Crippen molar-refractivity contribution in [3.05, 3.63) is 12.7 Å². The fraction of sp³-hybridized carbons (Fsp3) is 0.417. The van der Waals surface area contributed by atoms with Crippen molar-refractivity contribution in [2.24, 2.45) is 0 Å². The lowest BCUT2D eigenvalue weighted by Gasteiger charge is -2.12. The first kappa shape index (κ1) is 15.2. The van der Waals surface area contributed by atoms with Crippen molar-refractivity contribution < 1.29 is 14.7 Å². The molecule has 3 N–H and O–H groups in total. The monoisotopic (exact) mass is 309 g/mol. The molecule has 9 heteroatoms. The van der Waals surface area contributed by atoms with E-state index in [2.05, 4.69) is 25.3 Å². The van der Waals surface area contributed by atoms with Gasteiger partial charge in [0.25, 0.3) is 0 Å². The number of fused-ring (bicyclic) bond motifs is 1. The summed E-state index contributed by atoms with van der Waals surface area (Å²) < 4.78 is 0. The first-order chi connectivity index (χ1) is 10.1. The number of carboxylic acid groups (broad SMARTS) is 1. The van der Waals surface area contributed by atoms with Gasteiger partial charge in [-0.05, 0) is 18.6 Å². The highest BCUT2D eigenvalue weighted by Gasteiger charge is 2.17. The van der Waals surface area contributed by atoms with Crippen LogP contribution in [0.25, 0.3) is 11.2 Å². The number of carbonyl (C=O) groups is 2. The molecule has 8 nitrogen and oxygen atoms in total.